The third-order valence-corrected chi connectivity index (χ3v) is 25.2. The second kappa shape index (κ2) is 38.4. The highest BCUT2D eigenvalue weighted by atomic mass is 35.5. The molecular formula is C79H119ClF5N13O13. The molecule has 4 saturated heterocycles. The minimum atomic E-state index is -4.84. The molecule has 111 heavy (non-hydrogen) atoms. The topological polar surface area (TPSA) is 290 Å². The lowest BCUT2D eigenvalue weighted by Gasteiger charge is -2.45. The fraction of sp³-hybridized carbons (Fsp3) is 0.759. The maximum absolute atomic E-state index is 15.9. The number of benzene rings is 1. The molecule has 0 radical (unpaired) electrons. The van der Waals surface area contributed by atoms with Gasteiger partial charge in [0, 0.05) is 94.9 Å². The van der Waals surface area contributed by atoms with E-state index in [-0.39, 0.29) is 62.5 Å². The molecule has 7 aliphatic rings. The number of aryl methyl sites for hydroxylation is 1. The van der Waals surface area contributed by atoms with Crippen molar-refractivity contribution >= 4 is 88.4 Å². The highest BCUT2D eigenvalue weighted by molar-refractivity contribution is 6.31. The van der Waals surface area contributed by atoms with Crippen LogP contribution in [-0.2, 0) is 74.9 Å². The lowest BCUT2D eigenvalue weighted by atomic mass is 9.85. The summed E-state index contributed by atoms with van der Waals surface area (Å²) in [4.78, 5) is 210. The third-order valence-electron chi connectivity index (χ3n) is 24.9. The summed E-state index contributed by atoms with van der Waals surface area (Å²) in [6, 6.07) is -9.44. The van der Waals surface area contributed by atoms with E-state index in [0.717, 1.165) is 72.1 Å². The molecule has 1 spiro atoms. The fourth-order valence-electron chi connectivity index (χ4n) is 17.3. The van der Waals surface area contributed by atoms with Crippen molar-refractivity contribution in [2.75, 3.05) is 88.6 Å². The Kier molecular flexibility index (Phi) is 30.7. The first kappa shape index (κ1) is 88.8. The second-order valence-electron chi connectivity index (χ2n) is 33.0. The lowest BCUT2D eigenvalue weighted by Crippen LogP contribution is -2.65. The molecule has 13 amide bonds. The average Bonchev–Trinajstić information content (AvgIpc) is 1.74. The largest absolute Gasteiger partial charge is 0.417 e. The van der Waals surface area contributed by atoms with Crippen molar-refractivity contribution in [2.45, 2.75) is 274 Å². The maximum Gasteiger partial charge on any atom is 0.417 e. The van der Waals surface area contributed by atoms with Crippen LogP contribution in [0.15, 0.2) is 18.2 Å². The summed E-state index contributed by atoms with van der Waals surface area (Å²) in [6.45, 7) is 7.91. The van der Waals surface area contributed by atoms with Gasteiger partial charge in [-0.25, -0.2) is 8.78 Å². The van der Waals surface area contributed by atoms with Crippen LogP contribution < -0.4 is 16.0 Å². The van der Waals surface area contributed by atoms with E-state index < -0.39 is 223 Å². The molecule has 4 aliphatic heterocycles. The standard InChI is InChI=1S/C79H119ClF5N13O13/c1-13-49(4)65-74(109)90(7)50(5)69(104)98-40-33-58(98)72(107)92(9)57(32-29-51-23-15-14-16-24-51)71(106)89(6)47-62(99)86-56(31-28-52-27-30-54(55(80)44-52)79(83,84)85)70(105)93(10)60(45-64(101)96-41-36-78(81,82)37-42-96)68(103)88-77(34-19-20-35-77)76(111)95(12)66(53-25-17-18-26-53)75(110)94(11)61(73(108)97-38-21-22-39-97)46-63(100)91(8)59(43-48(2)3)67(102)87-65/h27,30,44,48-51,53,56-61,65-66H,13-26,28-29,31-43,45-47H2,1-12H3,(H,86,99)(H,87,102)(H,88,103)/t49-,50-,56-,57-,58?,59-,60-,61-,65-,66-/m0/s1. The third kappa shape index (κ3) is 21.6. The number of likely N-dealkylation sites (tertiary alicyclic amines) is 2. The molecule has 3 aliphatic carbocycles. The Morgan fingerprint density at radius 1 is 0.604 bits per heavy atom. The number of carbonyl (C=O) groups excluding carboxylic acids is 13. The number of piperidine rings is 1. The van der Waals surface area contributed by atoms with Gasteiger partial charge in [-0.15, -0.1) is 0 Å². The lowest BCUT2D eigenvalue weighted by molar-refractivity contribution is -0.160. The van der Waals surface area contributed by atoms with Crippen LogP contribution in [0.5, 0.6) is 0 Å². The Morgan fingerprint density at radius 3 is 1.79 bits per heavy atom. The molecule has 3 saturated carbocycles. The van der Waals surface area contributed by atoms with Crippen LogP contribution in [-0.4, -0.2) is 280 Å². The first-order valence-corrected chi connectivity index (χ1v) is 40.5. The maximum atomic E-state index is 15.9. The Hall–Kier alpha value is -7.73. The summed E-state index contributed by atoms with van der Waals surface area (Å²) >= 11 is 6.20. The molecular weight excluding hydrogens is 1470 g/mol. The van der Waals surface area contributed by atoms with Crippen molar-refractivity contribution in [2.24, 2.45) is 23.7 Å². The van der Waals surface area contributed by atoms with Crippen molar-refractivity contribution in [3.63, 3.8) is 0 Å². The molecule has 32 heteroatoms. The van der Waals surface area contributed by atoms with Crippen molar-refractivity contribution in [1.82, 2.24) is 64.9 Å². The van der Waals surface area contributed by atoms with E-state index in [4.69, 9.17) is 11.6 Å². The molecule has 1 unspecified atom stereocenters. The van der Waals surface area contributed by atoms with Crippen LogP contribution >= 0.6 is 11.6 Å². The monoisotopic (exact) mass is 1590 g/mol. The smallest absolute Gasteiger partial charge is 0.343 e. The van der Waals surface area contributed by atoms with Gasteiger partial charge in [0.15, 0.2) is 0 Å². The number of rotatable bonds is 14. The summed E-state index contributed by atoms with van der Waals surface area (Å²) in [7, 11) is 9.54. The Balaban J connectivity index is 1.23. The average molecular weight is 1590 g/mol. The number of hydrogen-bond donors (Lipinski definition) is 3. The first-order chi connectivity index (χ1) is 52.2. The van der Waals surface area contributed by atoms with Gasteiger partial charge in [-0.05, 0) is 125 Å². The van der Waals surface area contributed by atoms with Crippen LogP contribution in [0.25, 0.3) is 0 Å². The van der Waals surface area contributed by atoms with E-state index in [1.165, 1.54) is 78.6 Å². The predicted octanol–water partition coefficient (Wildman–Crippen LogP) is 7.05. The Labute approximate surface area is 655 Å². The zero-order valence-electron chi connectivity index (χ0n) is 66.9. The van der Waals surface area contributed by atoms with E-state index in [0.29, 0.717) is 77.3 Å². The highest BCUT2D eigenvalue weighted by Gasteiger charge is 2.53. The van der Waals surface area contributed by atoms with Gasteiger partial charge in [-0.3, -0.25) is 62.3 Å². The van der Waals surface area contributed by atoms with Crippen LogP contribution in [0.4, 0.5) is 22.0 Å². The number of fused-ring (bicyclic) bond motifs is 1. The molecule has 3 N–H and O–H groups in total. The first-order valence-electron chi connectivity index (χ1n) is 40.1. The highest BCUT2D eigenvalue weighted by Crippen LogP contribution is 2.39. The van der Waals surface area contributed by atoms with E-state index in [1.54, 1.807) is 11.8 Å². The molecule has 10 atom stereocenters. The predicted molar refractivity (Wildman–Crippen MR) is 403 cm³/mol. The number of nitrogens with zero attached hydrogens (tertiary/aromatic N) is 10. The van der Waals surface area contributed by atoms with Gasteiger partial charge in [-0.1, -0.05) is 110 Å². The number of alkyl halides is 5. The molecule has 0 aromatic heterocycles. The molecule has 8 rings (SSSR count). The van der Waals surface area contributed by atoms with Crippen molar-refractivity contribution in [1.29, 1.82) is 0 Å². The summed E-state index contributed by atoms with van der Waals surface area (Å²) in [5.41, 5.74) is -2.81. The van der Waals surface area contributed by atoms with Crippen LogP contribution in [0.2, 0.25) is 5.02 Å². The molecule has 0 bridgehead atoms. The quantitative estimate of drug-likeness (QED) is 0.158. The van der Waals surface area contributed by atoms with E-state index in [1.807, 2.05) is 20.8 Å². The van der Waals surface area contributed by atoms with E-state index >= 15 is 38.4 Å². The summed E-state index contributed by atoms with van der Waals surface area (Å²) in [6.07, 6.45) is 1.81. The number of hydrogen-bond acceptors (Lipinski definition) is 13. The molecule has 7 fully saturated rings. The summed E-state index contributed by atoms with van der Waals surface area (Å²) in [5.74, 6) is -14.0. The SMILES string of the molecule is CC[C@H](C)[C@@H]1NC(=O)[C@H](CC(C)C)N(C)C(=O)C[C@@H](C(=O)N2CCCC2)N(C)C(=O)[C@H](C2CCCC2)N(C)C(=O)C2(CCCC2)NC(=O)[C@H](CC(=O)N2CCC(F)(F)CC2)N(C)C(=O)[C@H](CCc2ccc(C(F)(F)F)c(Cl)c2)NC(=O)CN(C)C(=O)[C@H](CCC2CCCCC2)N(C)C(=O)C2CCN2C(=O)[C@H](C)N(C)C1=O. The van der Waals surface area contributed by atoms with Gasteiger partial charge in [0.2, 0.25) is 76.8 Å². The van der Waals surface area contributed by atoms with Gasteiger partial charge in [0.25, 0.3) is 5.92 Å². The molecule has 1 aromatic carbocycles. The summed E-state index contributed by atoms with van der Waals surface area (Å²) in [5, 5.41) is 7.85. The number of likely N-dealkylation sites (N-methyl/N-ethyl adjacent to an activating group) is 7. The minimum Gasteiger partial charge on any atom is -0.343 e. The van der Waals surface area contributed by atoms with Crippen LogP contribution in [0.3, 0.4) is 0 Å². The number of amides is 13. The minimum absolute atomic E-state index is 0.0162. The molecule has 1 aromatic rings. The van der Waals surface area contributed by atoms with Gasteiger partial charge >= 0.3 is 6.18 Å². The van der Waals surface area contributed by atoms with Gasteiger partial charge in [-0.2, -0.15) is 13.2 Å². The molecule has 620 valence electrons. The number of nitrogens with one attached hydrogen (secondary N) is 3. The van der Waals surface area contributed by atoms with Gasteiger partial charge in [0.05, 0.1) is 30.0 Å². The van der Waals surface area contributed by atoms with Crippen molar-refractivity contribution < 1.29 is 84.3 Å². The normalized spacial score (nSPS) is 27.8. The van der Waals surface area contributed by atoms with E-state index in [9.17, 15) is 45.9 Å². The fourth-order valence-corrected chi connectivity index (χ4v) is 17.6. The van der Waals surface area contributed by atoms with Crippen molar-refractivity contribution in [3.8, 4) is 0 Å². The van der Waals surface area contributed by atoms with Crippen LogP contribution in [0.1, 0.15) is 206 Å². The summed E-state index contributed by atoms with van der Waals surface area (Å²) < 4.78 is 71.6. The second-order valence-corrected chi connectivity index (χ2v) is 33.4. The van der Waals surface area contributed by atoms with Gasteiger partial charge in [0.1, 0.15) is 59.9 Å². The Bertz CT molecular complexity index is 3540. The number of carbonyl (C=O) groups is 13. The van der Waals surface area contributed by atoms with E-state index in [2.05, 4.69) is 16.0 Å². The van der Waals surface area contributed by atoms with Crippen LogP contribution in [0, 0.1) is 23.7 Å². The molecule has 26 nitrogen and oxygen atoms in total. The Morgan fingerprint density at radius 2 is 1.22 bits per heavy atom. The zero-order valence-corrected chi connectivity index (χ0v) is 67.7. The van der Waals surface area contributed by atoms with Gasteiger partial charge < -0.3 is 64.9 Å². The zero-order chi connectivity index (χ0) is 81.9. The number of halogens is 6. The van der Waals surface area contributed by atoms with Crippen molar-refractivity contribution in [3.05, 3.63) is 34.3 Å². The molecule has 4 heterocycles.